The molecule has 0 saturated heterocycles. The van der Waals surface area contributed by atoms with E-state index in [-0.39, 0.29) is 50.5 Å². The minimum Gasteiger partial charge on any atom is -0.454 e. The molecule has 2 amide bonds. The molecule has 0 aliphatic carbocycles. The fraction of sp³-hybridized carbons (Fsp3) is 0.375. The number of sulfonamides is 1. The van der Waals surface area contributed by atoms with E-state index < -0.39 is 16.1 Å². The van der Waals surface area contributed by atoms with Gasteiger partial charge in [0.05, 0.1) is 22.0 Å². The lowest BCUT2D eigenvalue weighted by Crippen LogP contribution is -2.51. The topological polar surface area (TPSA) is 105 Å². The van der Waals surface area contributed by atoms with Crippen molar-refractivity contribution in [3.05, 3.63) is 87.9 Å². The Kier molecular flexibility index (Phi) is 11.4. The molecule has 1 N–H and O–H groups in total. The van der Waals surface area contributed by atoms with Crippen molar-refractivity contribution >= 4 is 50.7 Å². The largest absolute Gasteiger partial charge is 0.454 e. The lowest BCUT2D eigenvalue weighted by molar-refractivity contribution is -0.141. The number of fused-ring (bicyclic) bond motifs is 1. The number of benzene rings is 3. The molecule has 44 heavy (non-hydrogen) atoms. The van der Waals surface area contributed by atoms with E-state index in [0.29, 0.717) is 45.8 Å². The Morgan fingerprint density at radius 1 is 0.932 bits per heavy atom. The molecule has 0 spiro atoms. The minimum absolute atomic E-state index is 0.000639. The lowest BCUT2D eigenvalue weighted by atomic mass is 10.0. The van der Waals surface area contributed by atoms with Crippen LogP contribution in [-0.2, 0) is 32.6 Å². The number of ether oxygens (including phenoxy) is 2. The molecule has 3 aromatic carbocycles. The number of carbonyl (C=O) groups is 2. The first-order valence-electron chi connectivity index (χ1n) is 14.3. The third-order valence-electron chi connectivity index (χ3n) is 7.09. The Bertz CT molecular complexity index is 1570. The second-order valence-corrected chi connectivity index (χ2v) is 13.8. The molecule has 12 heteroatoms. The maximum Gasteiger partial charge on any atom is 0.243 e. The summed E-state index contributed by atoms with van der Waals surface area (Å²) >= 11 is 12.4. The van der Waals surface area contributed by atoms with Crippen LogP contribution in [0.1, 0.15) is 37.8 Å². The van der Waals surface area contributed by atoms with E-state index in [0.717, 1.165) is 11.8 Å². The minimum atomic E-state index is -3.68. The Morgan fingerprint density at radius 3 is 2.34 bits per heavy atom. The van der Waals surface area contributed by atoms with Gasteiger partial charge < -0.3 is 19.7 Å². The van der Waals surface area contributed by atoms with Crippen molar-refractivity contribution in [2.75, 3.05) is 30.4 Å². The number of halogens is 2. The van der Waals surface area contributed by atoms with E-state index in [1.165, 1.54) is 4.31 Å². The van der Waals surface area contributed by atoms with Crippen molar-refractivity contribution in [1.82, 2.24) is 10.2 Å². The average molecular weight is 663 g/mol. The van der Waals surface area contributed by atoms with Gasteiger partial charge in [0.15, 0.2) is 11.5 Å². The Labute approximate surface area is 269 Å². The predicted molar refractivity (Wildman–Crippen MR) is 173 cm³/mol. The van der Waals surface area contributed by atoms with Crippen molar-refractivity contribution in [2.24, 2.45) is 5.92 Å². The normalized spacial score (nSPS) is 13.0. The van der Waals surface area contributed by atoms with Crippen molar-refractivity contribution in [3.63, 3.8) is 0 Å². The van der Waals surface area contributed by atoms with E-state index in [1.54, 1.807) is 41.3 Å². The zero-order valence-corrected chi connectivity index (χ0v) is 27.3. The zero-order chi connectivity index (χ0) is 31.9. The monoisotopic (exact) mass is 661 g/mol. The molecule has 236 valence electrons. The van der Waals surface area contributed by atoms with Crippen molar-refractivity contribution in [1.29, 1.82) is 0 Å². The molecule has 1 aliphatic heterocycles. The summed E-state index contributed by atoms with van der Waals surface area (Å²) in [7, 11) is -3.68. The summed E-state index contributed by atoms with van der Waals surface area (Å²) in [6, 6.07) is 18.7. The van der Waals surface area contributed by atoms with Gasteiger partial charge in [0.2, 0.25) is 28.6 Å². The summed E-state index contributed by atoms with van der Waals surface area (Å²) in [5.74, 6) is 0.644. The van der Waals surface area contributed by atoms with Crippen LogP contribution in [0.25, 0.3) is 0 Å². The highest BCUT2D eigenvalue weighted by molar-refractivity contribution is 7.92. The summed E-state index contributed by atoms with van der Waals surface area (Å²) < 4.78 is 37.5. The van der Waals surface area contributed by atoms with E-state index in [4.69, 9.17) is 32.7 Å². The van der Waals surface area contributed by atoms with Crippen molar-refractivity contribution in [3.8, 4) is 11.5 Å². The van der Waals surface area contributed by atoms with Gasteiger partial charge in [0.25, 0.3) is 0 Å². The maximum atomic E-state index is 14.0. The number of anilines is 1. The molecule has 3 aromatic rings. The first kappa shape index (κ1) is 33.4. The number of carbonyl (C=O) groups excluding carboxylic acids is 2. The molecule has 1 aliphatic rings. The van der Waals surface area contributed by atoms with Gasteiger partial charge in [-0.25, -0.2) is 8.42 Å². The van der Waals surface area contributed by atoms with Gasteiger partial charge in [0, 0.05) is 38.5 Å². The highest BCUT2D eigenvalue weighted by Crippen LogP contribution is 2.36. The van der Waals surface area contributed by atoms with Gasteiger partial charge >= 0.3 is 0 Å². The second kappa shape index (κ2) is 15.0. The summed E-state index contributed by atoms with van der Waals surface area (Å²) in [6.07, 6.45) is 1.62. The van der Waals surface area contributed by atoms with E-state index in [1.807, 2.05) is 44.2 Å². The molecule has 9 nitrogen and oxygen atoms in total. The van der Waals surface area contributed by atoms with Crippen LogP contribution in [0.15, 0.2) is 66.7 Å². The van der Waals surface area contributed by atoms with Gasteiger partial charge in [-0.15, -0.1) is 0 Å². The van der Waals surface area contributed by atoms with E-state index >= 15 is 0 Å². The third kappa shape index (κ3) is 9.03. The van der Waals surface area contributed by atoms with Crippen LogP contribution in [-0.4, -0.2) is 57.3 Å². The van der Waals surface area contributed by atoms with Gasteiger partial charge in [-0.05, 0) is 47.7 Å². The summed E-state index contributed by atoms with van der Waals surface area (Å²) in [4.78, 5) is 29.2. The Balaban J connectivity index is 1.59. The van der Waals surface area contributed by atoms with Gasteiger partial charge in [-0.2, -0.15) is 0 Å². The Hall–Kier alpha value is -3.47. The van der Waals surface area contributed by atoms with Crippen LogP contribution in [0, 0.1) is 5.92 Å². The molecule has 0 aromatic heterocycles. The number of rotatable bonds is 14. The molecule has 1 heterocycles. The lowest BCUT2D eigenvalue weighted by Gasteiger charge is -2.32. The zero-order valence-electron chi connectivity index (χ0n) is 25.0. The molecular weight excluding hydrogens is 625 g/mol. The van der Waals surface area contributed by atoms with Crippen LogP contribution in [0.2, 0.25) is 10.0 Å². The average Bonchev–Trinajstić information content (AvgIpc) is 3.45. The Morgan fingerprint density at radius 2 is 1.66 bits per heavy atom. The summed E-state index contributed by atoms with van der Waals surface area (Å²) in [6.45, 7) is 4.68. The summed E-state index contributed by atoms with van der Waals surface area (Å²) in [5, 5.41) is 3.71. The highest BCUT2D eigenvalue weighted by atomic mass is 35.5. The van der Waals surface area contributed by atoms with E-state index in [9.17, 15) is 18.0 Å². The smallest absolute Gasteiger partial charge is 0.243 e. The van der Waals surface area contributed by atoms with Crippen LogP contribution in [0.3, 0.4) is 0 Å². The molecule has 0 fully saturated rings. The number of amides is 2. The fourth-order valence-corrected chi connectivity index (χ4v) is 6.13. The number of hydrogen-bond donors (Lipinski definition) is 1. The van der Waals surface area contributed by atoms with Crippen LogP contribution in [0.5, 0.6) is 11.5 Å². The van der Waals surface area contributed by atoms with Crippen molar-refractivity contribution < 1.29 is 27.5 Å². The molecule has 0 unspecified atom stereocenters. The number of nitrogens with one attached hydrogen (secondary N) is 1. The SMILES string of the molecule is CC(C)CNC(=O)[C@H](Cc1ccccc1)N(Cc1ccc(Cl)c(Cl)c1)C(=O)CCCN(c1ccc2c(c1)OCO2)S(C)(=O)=O. The predicted octanol–water partition coefficient (Wildman–Crippen LogP) is 5.68. The van der Waals surface area contributed by atoms with Gasteiger partial charge in [-0.3, -0.25) is 13.9 Å². The quantitative estimate of drug-likeness (QED) is 0.238. The van der Waals surface area contributed by atoms with Crippen molar-refractivity contribution in [2.45, 2.75) is 45.7 Å². The molecular formula is C32H37Cl2N3O6S. The molecule has 0 saturated carbocycles. The first-order valence-corrected chi connectivity index (χ1v) is 16.9. The fourth-order valence-electron chi connectivity index (χ4n) is 4.86. The number of nitrogens with zero attached hydrogens (tertiary/aromatic N) is 2. The van der Waals surface area contributed by atoms with Gasteiger partial charge in [-0.1, -0.05) is 73.4 Å². The van der Waals surface area contributed by atoms with E-state index in [2.05, 4.69) is 5.32 Å². The maximum absolute atomic E-state index is 14.0. The van der Waals surface area contributed by atoms with Gasteiger partial charge in [0.1, 0.15) is 6.04 Å². The highest BCUT2D eigenvalue weighted by Gasteiger charge is 2.31. The third-order valence-corrected chi connectivity index (χ3v) is 9.02. The van der Waals surface area contributed by atoms with Crippen LogP contribution >= 0.6 is 23.2 Å². The molecule has 0 radical (unpaired) electrons. The first-order chi connectivity index (χ1) is 20.9. The second-order valence-electron chi connectivity index (χ2n) is 11.1. The molecule has 4 rings (SSSR count). The standard InChI is InChI=1S/C32H37Cl2N3O6S/c1-22(2)19-35-32(39)28(17-23-8-5-4-6-9-23)36(20-24-11-13-26(33)27(34)16-24)31(38)10-7-15-37(44(3,40)41)25-12-14-29-30(18-25)43-21-42-29/h4-6,8-9,11-14,16,18,22,28H,7,10,15,17,19-21H2,1-3H3,(H,35,39)/t28-/m0/s1. The molecule has 0 bridgehead atoms. The van der Waals surface area contributed by atoms with Crippen LogP contribution in [0.4, 0.5) is 5.69 Å². The molecule has 1 atom stereocenters. The number of hydrogen-bond acceptors (Lipinski definition) is 6. The summed E-state index contributed by atoms with van der Waals surface area (Å²) in [5.41, 5.74) is 2.02. The van der Waals surface area contributed by atoms with Crippen LogP contribution < -0.4 is 19.1 Å².